The van der Waals surface area contributed by atoms with Gasteiger partial charge in [0.15, 0.2) is 0 Å². The molecule has 0 fully saturated rings. The van der Waals surface area contributed by atoms with Crippen LogP contribution in [-0.4, -0.2) is 4.57 Å². The molecule has 0 radical (unpaired) electrons. The number of hydrogen-bond acceptors (Lipinski definition) is 0. The number of benzene rings is 8. The first-order valence-electron chi connectivity index (χ1n) is 17.3. The first-order chi connectivity index (χ1) is 24.7. The third-order valence-corrected chi connectivity index (χ3v) is 9.98. The molecule has 9 aromatic rings. The maximum atomic E-state index is 2.40. The second kappa shape index (κ2) is 12.5. The van der Waals surface area contributed by atoms with Gasteiger partial charge in [-0.05, 0) is 105 Å². The van der Waals surface area contributed by atoms with Gasteiger partial charge in [-0.25, -0.2) is 0 Å². The maximum absolute atomic E-state index is 2.40. The lowest BCUT2D eigenvalue weighted by Gasteiger charge is -2.15. The van der Waals surface area contributed by atoms with Crippen molar-refractivity contribution in [2.75, 3.05) is 0 Å². The molecule has 0 N–H and O–H groups in total. The highest BCUT2D eigenvalue weighted by molar-refractivity contribution is 6.11. The van der Waals surface area contributed by atoms with E-state index in [0.717, 1.165) is 5.69 Å². The summed E-state index contributed by atoms with van der Waals surface area (Å²) in [5.74, 6) is 0. The third-order valence-electron chi connectivity index (χ3n) is 9.98. The molecule has 0 unspecified atom stereocenters. The number of aromatic nitrogens is 1. The van der Waals surface area contributed by atoms with Crippen LogP contribution in [0.1, 0.15) is 5.56 Å². The van der Waals surface area contributed by atoms with Crippen LogP contribution in [-0.2, 0) is 0 Å². The van der Waals surface area contributed by atoms with Crippen LogP contribution in [0, 0.1) is 6.92 Å². The molecule has 8 aromatic carbocycles. The van der Waals surface area contributed by atoms with Gasteiger partial charge in [-0.2, -0.15) is 0 Å². The fourth-order valence-electron chi connectivity index (χ4n) is 7.40. The van der Waals surface area contributed by atoms with Crippen molar-refractivity contribution in [1.82, 2.24) is 4.57 Å². The summed E-state index contributed by atoms with van der Waals surface area (Å²) in [5.41, 5.74) is 17.1. The van der Waals surface area contributed by atoms with Crippen LogP contribution < -0.4 is 0 Å². The topological polar surface area (TPSA) is 4.93 Å². The van der Waals surface area contributed by atoms with Gasteiger partial charge in [0, 0.05) is 16.5 Å². The molecular weight excluding hydrogens is 603 g/mol. The van der Waals surface area contributed by atoms with Crippen molar-refractivity contribution in [3.63, 3.8) is 0 Å². The quantitative estimate of drug-likeness (QED) is 0.171. The zero-order valence-electron chi connectivity index (χ0n) is 27.9. The minimum atomic E-state index is 1.16. The van der Waals surface area contributed by atoms with Gasteiger partial charge in [0.2, 0.25) is 0 Å². The fraction of sp³-hybridized carbons (Fsp3) is 0.0204. The highest BCUT2D eigenvalue weighted by atomic mass is 15.0. The zero-order valence-corrected chi connectivity index (χ0v) is 27.9. The fourth-order valence-corrected chi connectivity index (χ4v) is 7.40. The Bertz CT molecular complexity index is 2610. The second-order valence-corrected chi connectivity index (χ2v) is 13.0. The molecule has 0 bridgehead atoms. The summed E-state index contributed by atoms with van der Waals surface area (Å²) in [7, 11) is 0. The number of nitrogens with zero attached hydrogens (tertiary/aromatic N) is 1. The van der Waals surface area contributed by atoms with Crippen LogP contribution in [0.15, 0.2) is 194 Å². The maximum Gasteiger partial charge on any atom is 0.0547 e. The van der Waals surface area contributed by atoms with E-state index >= 15 is 0 Å². The summed E-state index contributed by atoms with van der Waals surface area (Å²) in [6.07, 6.45) is 0. The van der Waals surface area contributed by atoms with Crippen molar-refractivity contribution >= 4 is 21.8 Å². The van der Waals surface area contributed by atoms with Gasteiger partial charge in [0.1, 0.15) is 0 Å². The van der Waals surface area contributed by atoms with Crippen LogP contribution in [0.2, 0.25) is 0 Å². The molecule has 0 amide bonds. The van der Waals surface area contributed by atoms with Crippen LogP contribution >= 0.6 is 0 Å². The van der Waals surface area contributed by atoms with E-state index in [2.05, 4.69) is 206 Å². The number of para-hydroxylation sites is 1. The van der Waals surface area contributed by atoms with E-state index in [-0.39, 0.29) is 0 Å². The summed E-state index contributed by atoms with van der Waals surface area (Å²) < 4.78 is 2.40. The molecule has 50 heavy (non-hydrogen) atoms. The summed E-state index contributed by atoms with van der Waals surface area (Å²) in [5, 5.41) is 2.50. The zero-order chi connectivity index (χ0) is 33.4. The van der Waals surface area contributed by atoms with E-state index < -0.39 is 0 Å². The van der Waals surface area contributed by atoms with Crippen LogP contribution in [0.4, 0.5) is 0 Å². The minimum absolute atomic E-state index is 1.16. The lowest BCUT2D eigenvalue weighted by Crippen LogP contribution is -1.93. The van der Waals surface area contributed by atoms with Crippen LogP contribution in [0.3, 0.4) is 0 Å². The number of rotatable bonds is 6. The summed E-state index contributed by atoms with van der Waals surface area (Å²) in [6.45, 7) is 2.22. The Labute approximate surface area is 293 Å². The molecule has 9 rings (SSSR count). The van der Waals surface area contributed by atoms with Gasteiger partial charge < -0.3 is 4.57 Å². The van der Waals surface area contributed by atoms with Gasteiger partial charge in [-0.3, -0.25) is 0 Å². The standard InChI is InChI=1S/C49H35N/c1-34-21-22-39(31-46(34)44-20-12-11-19-43(44)38-25-23-37(24-26-38)35-13-5-2-6-14-35)40-28-30-48-47(32-40)45-29-27-41(36-15-7-3-8-16-36)33-49(45)50(48)42-17-9-4-10-18-42/h2-33H,1H3. The van der Waals surface area contributed by atoms with E-state index in [0.29, 0.717) is 0 Å². The molecule has 0 saturated heterocycles. The molecule has 0 aliphatic rings. The predicted molar refractivity (Wildman–Crippen MR) is 213 cm³/mol. The first-order valence-corrected chi connectivity index (χ1v) is 17.3. The average Bonchev–Trinajstić information content (AvgIpc) is 3.52. The Hall–Kier alpha value is -6.44. The van der Waals surface area contributed by atoms with Crippen molar-refractivity contribution in [3.05, 3.63) is 200 Å². The summed E-state index contributed by atoms with van der Waals surface area (Å²) in [4.78, 5) is 0. The van der Waals surface area contributed by atoms with E-state index in [1.807, 2.05) is 0 Å². The third kappa shape index (κ3) is 5.30. The highest BCUT2D eigenvalue weighted by Crippen LogP contribution is 2.40. The number of fused-ring (bicyclic) bond motifs is 3. The molecule has 1 aromatic heterocycles. The van der Waals surface area contributed by atoms with Crippen molar-refractivity contribution in [3.8, 4) is 61.3 Å². The van der Waals surface area contributed by atoms with Gasteiger partial charge in [-0.15, -0.1) is 0 Å². The largest absolute Gasteiger partial charge is 0.309 e. The van der Waals surface area contributed by atoms with Crippen LogP contribution in [0.5, 0.6) is 0 Å². The van der Waals surface area contributed by atoms with Crippen molar-refractivity contribution < 1.29 is 0 Å². The number of aryl methyl sites for hydroxylation is 1. The Kier molecular flexibility index (Phi) is 7.44. The summed E-state index contributed by atoms with van der Waals surface area (Å²) in [6, 6.07) is 70.4. The molecule has 1 heteroatoms. The first kappa shape index (κ1) is 29.7. The predicted octanol–water partition coefficient (Wildman–Crippen LogP) is 13.4. The van der Waals surface area contributed by atoms with Gasteiger partial charge in [0.05, 0.1) is 11.0 Å². The highest BCUT2D eigenvalue weighted by Gasteiger charge is 2.16. The number of hydrogen-bond donors (Lipinski definition) is 0. The van der Waals surface area contributed by atoms with Crippen LogP contribution in [0.25, 0.3) is 83.1 Å². The average molecular weight is 638 g/mol. The van der Waals surface area contributed by atoms with E-state index in [1.165, 1.54) is 83.0 Å². The summed E-state index contributed by atoms with van der Waals surface area (Å²) >= 11 is 0. The van der Waals surface area contributed by atoms with E-state index in [4.69, 9.17) is 0 Å². The molecule has 0 atom stereocenters. The van der Waals surface area contributed by atoms with Gasteiger partial charge in [-0.1, -0.05) is 158 Å². The molecule has 236 valence electrons. The Morgan fingerprint density at radius 3 is 1.52 bits per heavy atom. The molecular formula is C49H35N. The lowest BCUT2D eigenvalue weighted by atomic mass is 9.89. The Morgan fingerprint density at radius 1 is 0.300 bits per heavy atom. The minimum Gasteiger partial charge on any atom is -0.309 e. The monoisotopic (exact) mass is 637 g/mol. The van der Waals surface area contributed by atoms with Gasteiger partial charge in [0.25, 0.3) is 0 Å². The molecule has 0 spiro atoms. The lowest BCUT2D eigenvalue weighted by molar-refractivity contribution is 1.18. The molecule has 1 heterocycles. The van der Waals surface area contributed by atoms with Crippen molar-refractivity contribution in [1.29, 1.82) is 0 Å². The van der Waals surface area contributed by atoms with Crippen molar-refractivity contribution in [2.24, 2.45) is 0 Å². The Balaban J connectivity index is 1.16. The van der Waals surface area contributed by atoms with Gasteiger partial charge >= 0.3 is 0 Å². The normalized spacial score (nSPS) is 11.3. The smallest absolute Gasteiger partial charge is 0.0547 e. The van der Waals surface area contributed by atoms with Crippen molar-refractivity contribution in [2.45, 2.75) is 6.92 Å². The van der Waals surface area contributed by atoms with E-state index in [9.17, 15) is 0 Å². The SMILES string of the molecule is Cc1ccc(-c2ccc3c(c2)c2ccc(-c4ccccc4)cc2n3-c2ccccc2)cc1-c1ccccc1-c1ccc(-c2ccccc2)cc1. The Morgan fingerprint density at radius 2 is 0.800 bits per heavy atom. The molecule has 0 saturated carbocycles. The molecule has 0 aliphatic heterocycles. The van der Waals surface area contributed by atoms with E-state index in [1.54, 1.807) is 0 Å². The molecule has 1 nitrogen and oxygen atoms in total. The molecule has 0 aliphatic carbocycles. The second-order valence-electron chi connectivity index (χ2n) is 13.0.